The van der Waals surface area contributed by atoms with Crippen LogP contribution in [0.15, 0.2) is 47.6 Å². The van der Waals surface area contributed by atoms with Crippen LogP contribution in [0.2, 0.25) is 10.0 Å². The van der Waals surface area contributed by atoms with Gasteiger partial charge in [-0.1, -0.05) is 36.7 Å². The number of allylic oxidation sites excluding steroid dienone is 1. The number of benzene rings is 2. The average molecular weight is 626 g/mol. The monoisotopic (exact) mass is 624 g/mol. The number of imidazole rings is 1. The molecule has 2 aromatic carbocycles. The number of hydrogen-bond donors (Lipinski definition) is 0. The van der Waals surface area contributed by atoms with Gasteiger partial charge in [-0.15, -0.1) is 0 Å². The highest BCUT2D eigenvalue weighted by Crippen LogP contribution is 2.35. The Kier molecular flexibility index (Phi) is 9.62. The maximum atomic E-state index is 13.6. The van der Waals surface area contributed by atoms with Gasteiger partial charge in [0.1, 0.15) is 17.6 Å². The lowest BCUT2D eigenvalue weighted by atomic mass is 10.2. The summed E-state index contributed by atoms with van der Waals surface area (Å²) < 4.78 is 46.1. The third kappa shape index (κ3) is 7.12. The normalized spacial score (nSPS) is 15.0. The molecule has 0 N–H and O–H groups in total. The topological polar surface area (TPSA) is 66.2 Å². The molecule has 0 saturated carbocycles. The first-order valence-corrected chi connectivity index (χ1v) is 14.2. The van der Waals surface area contributed by atoms with E-state index in [4.69, 9.17) is 27.9 Å². The zero-order chi connectivity index (χ0) is 30.8. The Bertz CT molecular complexity index is 1500. The number of carbonyl (C=O) groups is 1. The second kappa shape index (κ2) is 12.8. The van der Waals surface area contributed by atoms with Crippen molar-refractivity contribution in [1.29, 1.82) is 0 Å². The fourth-order valence-corrected chi connectivity index (χ4v) is 5.21. The van der Waals surface area contributed by atoms with E-state index in [0.717, 1.165) is 11.3 Å². The highest BCUT2D eigenvalue weighted by Gasteiger charge is 2.31. The molecule has 1 amide bonds. The number of hydrogen-bond acceptors (Lipinski definition) is 5. The number of halogens is 5. The Morgan fingerprint density at radius 1 is 1.19 bits per heavy atom. The molecule has 8 nitrogen and oxygen atoms in total. The quantitative estimate of drug-likeness (QED) is 0.194. The van der Waals surface area contributed by atoms with Crippen LogP contribution < -0.4 is 14.5 Å². The van der Waals surface area contributed by atoms with Crippen molar-refractivity contribution >= 4 is 57.9 Å². The van der Waals surface area contributed by atoms with Gasteiger partial charge >= 0.3 is 6.18 Å². The third-order valence-corrected chi connectivity index (χ3v) is 7.71. The van der Waals surface area contributed by atoms with E-state index in [9.17, 15) is 18.0 Å². The van der Waals surface area contributed by atoms with E-state index in [0.29, 0.717) is 65.2 Å². The number of aromatic nitrogens is 2. The van der Waals surface area contributed by atoms with Crippen LogP contribution in [0.4, 0.5) is 24.5 Å². The number of ether oxygens (including phenoxy) is 1. The van der Waals surface area contributed by atoms with Crippen LogP contribution in [0.25, 0.3) is 11.0 Å². The summed E-state index contributed by atoms with van der Waals surface area (Å²) in [6, 6.07) is 8.02. The summed E-state index contributed by atoms with van der Waals surface area (Å²) >= 11 is 12.5. The zero-order valence-electron chi connectivity index (χ0n) is 23.9. The molecule has 1 aliphatic rings. The summed E-state index contributed by atoms with van der Waals surface area (Å²) in [4.78, 5) is 27.8. The lowest BCUT2D eigenvalue weighted by Crippen LogP contribution is -2.50. The van der Waals surface area contributed by atoms with Crippen LogP contribution in [0.5, 0.6) is 5.75 Å². The van der Waals surface area contributed by atoms with E-state index in [1.165, 1.54) is 6.34 Å². The number of aliphatic imine (C=N–C) groups is 1. The third-order valence-electron chi connectivity index (χ3n) is 6.99. The van der Waals surface area contributed by atoms with Crippen LogP contribution in [0.3, 0.4) is 0 Å². The van der Waals surface area contributed by atoms with Crippen molar-refractivity contribution in [3.8, 4) is 5.75 Å². The molecule has 0 aliphatic carbocycles. The molecule has 0 radical (unpaired) electrons. The number of fused-ring (bicyclic) bond motifs is 1. The SMILES string of the molecule is C=C(C)N=CN(C)c1ccc(N2CCN(C(=O)C(C)n3c(CC)nc4cc(Cl)c(Cl)cc43)CC2)cc1OCC(F)(F)F. The highest BCUT2D eigenvalue weighted by atomic mass is 35.5. The van der Waals surface area contributed by atoms with E-state index < -0.39 is 18.8 Å². The van der Waals surface area contributed by atoms with Gasteiger partial charge in [0, 0.05) is 57.1 Å². The van der Waals surface area contributed by atoms with Gasteiger partial charge < -0.3 is 24.0 Å². The predicted molar refractivity (Wildman–Crippen MR) is 162 cm³/mol. The number of nitrogens with zero attached hydrogens (tertiary/aromatic N) is 6. The maximum Gasteiger partial charge on any atom is 0.422 e. The van der Waals surface area contributed by atoms with Crippen molar-refractivity contribution in [2.45, 2.75) is 39.4 Å². The van der Waals surface area contributed by atoms with Gasteiger partial charge in [-0.05, 0) is 38.1 Å². The molecular weight excluding hydrogens is 592 g/mol. The van der Waals surface area contributed by atoms with Gasteiger partial charge in [0.05, 0.1) is 33.1 Å². The van der Waals surface area contributed by atoms with Crippen LogP contribution in [0, 0.1) is 0 Å². The molecular formula is C29H33Cl2F3N6O2. The average Bonchev–Trinajstić information content (AvgIpc) is 3.30. The van der Waals surface area contributed by atoms with E-state index >= 15 is 0 Å². The first-order valence-electron chi connectivity index (χ1n) is 13.4. The Balaban J connectivity index is 1.51. The van der Waals surface area contributed by atoms with Gasteiger partial charge in [0.2, 0.25) is 5.91 Å². The minimum Gasteiger partial charge on any atom is -0.482 e. The molecule has 226 valence electrons. The largest absolute Gasteiger partial charge is 0.482 e. The minimum atomic E-state index is -4.49. The number of anilines is 2. The van der Waals surface area contributed by atoms with Crippen molar-refractivity contribution in [3.63, 3.8) is 0 Å². The number of aryl methyl sites for hydroxylation is 1. The van der Waals surface area contributed by atoms with Crippen LogP contribution >= 0.6 is 23.2 Å². The van der Waals surface area contributed by atoms with Crippen molar-refractivity contribution in [3.05, 3.63) is 58.5 Å². The predicted octanol–water partition coefficient (Wildman–Crippen LogP) is 6.75. The Morgan fingerprint density at radius 3 is 2.48 bits per heavy atom. The fourth-order valence-electron chi connectivity index (χ4n) is 4.89. The Hall–Kier alpha value is -3.44. The molecule has 1 unspecified atom stereocenters. The van der Waals surface area contributed by atoms with Crippen molar-refractivity contribution < 1.29 is 22.7 Å². The van der Waals surface area contributed by atoms with Gasteiger partial charge in [-0.3, -0.25) is 4.79 Å². The van der Waals surface area contributed by atoms with Gasteiger partial charge in [-0.2, -0.15) is 13.2 Å². The van der Waals surface area contributed by atoms with Gasteiger partial charge in [-0.25, -0.2) is 9.98 Å². The standard InChI is InChI=1S/C29H33Cl2F3N6O2/c1-6-27-36-23-14-21(30)22(31)15-25(23)40(27)19(4)28(41)39-11-9-38(10-12-39)20-7-8-24(37(5)17-35-18(2)3)26(13-20)42-16-29(32,33)34/h7-8,13-15,17,19H,2,6,9-12,16H2,1,3-5H3. The fraction of sp³-hybridized carbons (Fsp3) is 0.414. The molecule has 4 rings (SSSR count). The van der Waals surface area contributed by atoms with Crippen molar-refractivity contribution in [2.75, 3.05) is 49.6 Å². The molecule has 2 heterocycles. The summed E-state index contributed by atoms with van der Waals surface area (Å²) in [6.45, 7) is 9.68. The summed E-state index contributed by atoms with van der Waals surface area (Å²) in [5, 5.41) is 0.790. The first-order chi connectivity index (χ1) is 19.8. The van der Waals surface area contributed by atoms with Crippen molar-refractivity contribution in [1.82, 2.24) is 14.5 Å². The summed E-state index contributed by atoms with van der Waals surface area (Å²) in [7, 11) is 1.67. The molecule has 42 heavy (non-hydrogen) atoms. The smallest absolute Gasteiger partial charge is 0.422 e. The van der Waals surface area contributed by atoms with E-state index in [1.807, 2.05) is 29.4 Å². The minimum absolute atomic E-state index is 0.0577. The Labute approximate surface area is 253 Å². The van der Waals surface area contributed by atoms with E-state index in [1.54, 1.807) is 48.0 Å². The number of piperazine rings is 1. The molecule has 0 spiro atoms. The lowest BCUT2D eigenvalue weighted by molar-refractivity contribution is -0.153. The van der Waals surface area contributed by atoms with Gasteiger partial charge in [0.25, 0.3) is 0 Å². The maximum absolute atomic E-state index is 13.6. The number of rotatable bonds is 9. The van der Waals surface area contributed by atoms with Crippen LogP contribution in [-0.4, -0.2) is 72.7 Å². The highest BCUT2D eigenvalue weighted by molar-refractivity contribution is 6.42. The molecule has 3 aromatic rings. The van der Waals surface area contributed by atoms with E-state index in [-0.39, 0.29) is 11.7 Å². The second-order valence-corrected chi connectivity index (χ2v) is 11.0. The van der Waals surface area contributed by atoms with Crippen LogP contribution in [-0.2, 0) is 11.2 Å². The van der Waals surface area contributed by atoms with Crippen molar-refractivity contribution in [2.24, 2.45) is 4.99 Å². The first kappa shape index (κ1) is 31.5. The zero-order valence-corrected chi connectivity index (χ0v) is 25.4. The summed E-state index contributed by atoms with van der Waals surface area (Å²) in [5.41, 5.74) is 3.09. The van der Waals surface area contributed by atoms with Gasteiger partial charge in [0.15, 0.2) is 6.61 Å². The molecule has 0 bridgehead atoms. The molecule has 1 aliphatic heterocycles. The number of alkyl halides is 3. The molecule has 13 heteroatoms. The number of amides is 1. The second-order valence-electron chi connectivity index (χ2n) is 10.1. The molecule has 1 atom stereocenters. The number of carbonyl (C=O) groups excluding carboxylic acids is 1. The molecule has 1 fully saturated rings. The lowest BCUT2D eigenvalue weighted by Gasteiger charge is -2.37. The summed E-state index contributed by atoms with van der Waals surface area (Å²) in [5.74, 6) is 0.774. The molecule has 1 saturated heterocycles. The summed E-state index contributed by atoms with van der Waals surface area (Å²) in [6.07, 6.45) is -2.40. The Morgan fingerprint density at radius 2 is 1.86 bits per heavy atom. The van der Waals surface area contributed by atoms with E-state index in [2.05, 4.69) is 16.6 Å². The van der Waals surface area contributed by atoms with Crippen LogP contribution in [0.1, 0.15) is 32.6 Å². The molecule has 1 aromatic heterocycles.